The summed E-state index contributed by atoms with van der Waals surface area (Å²) >= 11 is 0. The molecule has 0 saturated carbocycles. The summed E-state index contributed by atoms with van der Waals surface area (Å²) in [7, 11) is 0. The maximum atomic E-state index is 6.49. The first-order valence-electron chi connectivity index (χ1n) is 18.6. The van der Waals surface area contributed by atoms with Crippen LogP contribution in [0.1, 0.15) is 29.5 Å². The first-order valence-corrected chi connectivity index (χ1v) is 18.6. The van der Waals surface area contributed by atoms with E-state index >= 15 is 0 Å². The van der Waals surface area contributed by atoms with Crippen LogP contribution in [0.5, 0.6) is 0 Å². The van der Waals surface area contributed by atoms with E-state index in [1.54, 1.807) is 0 Å². The quantitative estimate of drug-likeness (QED) is 0.169. The van der Waals surface area contributed by atoms with Crippen molar-refractivity contribution in [2.75, 3.05) is 4.90 Å². The van der Waals surface area contributed by atoms with Crippen LogP contribution in [0.3, 0.4) is 0 Å². The van der Waals surface area contributed by atoms with E-state index < -0.39 is 5.41 Å². The summed E-state index contributed by atoms with van der Waals surface area (Å²) < 4.78 is 6.49. The zero-order valence-corrected chi connectivity index (χ0v) is 29.2. The molecule has 0 aliphatic heterocycles. The van der Waals surface area contributed by atoms with Gasteiger partial charge in [-0.25, -0.2) is 0 Å². The minimum atomic E-state index is -0.459. The van der Waals surface area contributed by atoms with Gasteiger partial charge in [-0.15, -0.1) is 0 Å². The molecule has 0 N–H and O–H groups in total. The van der Waals surface area contributed by atoms with Gasteiger partial charge in [0.2, 0.25) is 0 Å². The Kier molecular flexibility index (Phi) is 6.63. The van der Waals surface area contributed by atoms with E-state index in [2.05, 4.69) is 187 Å². The van der Waals surface area contributed by atoms with Crippen molar-refractivity contribution in [3.05, 3.63) is 210 Å². The van der Waals surface area contributed by atoms with Crippen LogP contribution in [0.15, 0.2) is 198 Å². The van der Waals surface area contributed by atoms with E-state index in [9.17, 15) is 0 Å². The van der Waals surface area contributed by atoms with Gasteiger partial charge in [-0.2, -0.15) is 0 Å². The lowest BCUT2D eigenvalue weighted by atomic mass is 9.66. The molecule has 2 aliphatic carbocycles. The molecule has 1 atom stereocenters. The number of rotatable bonds is 5. The van der Waals surface area contributed by atoms with Crippen LogP contribution in [-0.4, -0.2) is 0 Å². The summed E-state index contributed by atoms with van der Waals surface area (Å²) in [4.78, 5) is 2.45. The lowest BCUT2D eigenvalue weighted by Crippen LogP contribution is -2.29. The molecule has 8 aromatic carbocycles. The summed E-state index contributed by atoms with van der Waals surface area (Å²) in [6, 6.07) is 62.2. The molecule has 1 unspecified atom stereocenters. The lowest BCUT2D eigenvalue weighted by molar-refractivity contribution is 0.669. The van der Waals surface area contributed by atoms with Crippen molar-refractivity contribution >= 4 is 60.5 Å². The molecule has 2 heteroatoms. The largest absolute Gasteiger partial charge is 0.456 e. The highest BCUT2D eigenvalue weighted by Gasteiger charge is 2.47. The first kappa shape index (κ1) is 30.0. The number of hydrogen-bond donors (Lipinski definition) is 0. The van der Waals surface area contributed by atoms with E-state index in [4.69, 9.17) is 4.42 Å². The monoisotopic (exact) mass is 677 g/mol. The Morgan fingerprint density at radius 1 is 0.491 bits per heavy atom. The molecule has 250 valence electrons. The van der Waals surface area contributed by atoms with Crippen molar-refractivity contribution in [1.82, 2.24) is 0 Å². The molecule has 0 fully saturated rings. The summed E-state index contributed by atoms with van der Waals surface area (Å²) in [6.45, 7) is 0. The van der Waals surface area contributed by atoms with Crippen molar-refractivity contribution in [1.29, 1.82) is 0 Å². The van der Waals surface area contributed by atoms with E-state index in [1.807, 2.05) is 6.07 Å². The maximum Gasteiger partial charge on any atom is 0.137 e. The third-order valence-corrected chi connectivity index (χ3v) is 11.5. The lowest BCUT2D eigenvalue weighted by Gasteiger charge is -2.36. The van der Waals surface area contributed by atoms with Crippen molar-refractivity contribution in [2.24, 2.45) is 0 Å². The van der Waals surface area contributed by atoms with Crippen LogP contribution >= 0.6 is 0 Å². The number of anilines is 3. The third-order valence-electron chi connectivity index (χ3n) is 11.5. The van der Waals surface area contributed by atoms with Crippen LogP contribution < -0.4 is 4.90 Å². The Labute approximate surface area is 308 Å². The van der Waals surface area contributed by atoms with Crippen LogP contribution in [0.2, 0.25) is 0 Å². The second-order valence-electron chi connectivity index (χ2n) is 14.3. The maximum absolute atomic E-state index is 6.49. The number of fused-ring (bicyclic) bond motifs is 9. The predicted octanol–water partition coefficient (Wildman–Crippen LogP) is 14.0. The van der Waals surface area contributed by atoms with Gasteiger partial charge in [-0.1, -0.05) is 146 Å². The zero-order chi connectivity index (χ0) is 34.9. The zero-order valence-electron chi connectivity index (χ0n) is 29.2. The fourth-order valence-corrected chi connectivity index (χ4v) is 9.27. The van der Waals surface area contributed by atoms with Crippen LogP contribution in [0, 0.1) is 0 Å². The molecule has 2 nitrogen and oxygen atoms in total. The van der Waals surface area contributed by atoms with Gasteiger partial charge in [-0.3, -0.25) is 0 Å². The molecule has 0 amide bonds. The molecule has 0 spiro atoms. The topological polar surface area (TPSA) is 16.4 Å². The van der Waals surface area contributed by atoms with Gasteiger partial charge >= 0.3 is 0 Å². The van der Waals surface area contributed by atoms with Crippen LogP contribution in [-0.2, 0) is 5.41 Å². The van der Waals surface area contributed by atoms with Crippen LogP contribution in [0.25, 0.3) is 54.6 Å². The Morgan fingerprint density at radius 3 is 2.08 bits per heavy atom. The van der Waals surface area contributed by atoms with Gasteiger partial charge in [0.05, 0.1) is 16.5 Å². The molecule has 53 heavy (non-hydrogen) atoms. The molecule has 1 aromatic heterocycles. The van der Waals surface area contributed by atoms with Gasteiger partial charge in [0.1, 0.15) is 11.2 Å². The highest BCUT2D eigenvalue weighted by atomic mass is 16.3. The van der Waals surface area contributed by atoms with Gasteiger partial charge in [-0.05, 0) is 110 Å². The fraction of sp³-hybridized carbons (Fsp3) is 0.0588. The van der Waals surface area contributed by atoms with Crippen molar-refractivity contribution in [3.63, 3.8) is 0 Å². The van der Waals surface area contributed by atoms with E-state index in [-0.39, 0.29) is 0 Å². The Morgan fingerprint density at radius 2 is 1.19 bits per heavy atom. The first-order chi connectivity index (χ1) is 26.3. The highest BCUT2D eigenvalue weighted by molar-refractivity contribution is 6.14. The van der Waals surface area contributed by atoms with Crippen molar-refractivity contribution in [2.45, 2.75) is 18.3 Å². The molecule has 1 heterocycles. The smallest absolute Gasteiger partial charge is 0.137 e. The van der Waals surface area contributed by atoms with Gasteiger partial charge in [0.25, 0.3) is 0 Å². The number of para-hydroxylation sites is 1. The average Bonchev–Trinajstić information content (AvgIpc) is 3.76. The Bertz CT molecular complexity index is 2960. The molecule has 0 saturated heterocycles. The molecule has 0 bridgehead atoms. The second kappa shape index (κ2) is 11.7. The number of benzene rings is 8. The van der Waals surface area contributed by atoms with Gasteiger partial charge < -0.3 is 9.32 Å². The SMILES string of the molecule is C1=CC(C2(c3ccccc3)c3ccccc3-c3ccc(N(c4ccc5ccc6ccccc6c5c4)c4cccc5oc6ccccc6c45)cc32)=CCC1. The van der Waals surface area contributed by atoms with Crippen molar-refractivity contribution < 1.29 is 4.42 Å². The third kappa shape index (κ3) is 4.39. The fourth-order valence-electron chi connectivity index (χ4n) is 9.27. The summed E-state index contributed by atoms with van der Waals surface area (Å²) in [6.07, 6.45) is 9.29. The summed E-state index contributed by atoms with van der Waals surface area (Å²) in [5.74, 6) is 0. The molecule has 2 aliphatic rings. The van der Waals surface area contributed by atoms with E-state index in [0.29, 0.717) is 0 Å². The molecule has 9 aromatic rings. The van der Waals surface area contributed by atoms with E-state index in [1.165, 1.54) is 54.9 Å². The summed E-state index contributed by atoms with van der Waals surface area (Å²) in [5.41, 5.74) is 12.4. The highest BCUT2D eigenvalue weighted by Crippen LogP contribution is 2.58. The second-order valence-corrected chi connectivity index (χ2v) is 14.3. The molecular formula is C51H35NO. The number of hydrogen-bond acceptors (Lipinski definition) is 2. The van der Waals surface area contributed by atoms with Crippen molar-refractivity contribution in [3.8, 4) is 11.1 Å². The molecular weight excluding hydrogens is 643 g/mol. The number of furan rings is 1. The van der Waals surface area contributed by atoms with Gasteiger partial charge in [0.15, 0.2) is 0 Å². The minimum absolute atomic E-state index is 0.459. The molecule has 11 rings (SSSR count). The normalized spacial score (nSPS) is 16.3. The Balaban J connectivity index is 1.23. The standard InChI is InChI=1S/C51H35NO/c1-3-15-36(16-4-1)51(37-17-5-2-6-18-37)45-22-11-9-20-41(45)42-31-30-39(33-46(42)51)52(47-23-13-25-49-50(47)43-21-10-12-24-48(43)53-49)38-29-28-35-27-26-34-14-7-8-19-40(34)44(35)32-38/h1,3-5,7-33H,2,6H2. The van der Waals surface area contributed by atoms with E-state index in [0.717, 1.165) is 51.8 Å². The van der Waals surface area contributed by atoms with Gasteiger partial charge in [0, 0.05) is 16.8 Å². The Hall–Kier alpha value is -6.64. The number of allylic oxidation sites excluding steroid dienone is 4. The minimum Gasteiger partial charge on any atom is -0.456 e. The molecule has 0 radical (unpaired) electrons. The predicted molar refractivity (Wildman–Crippen MR) is 222 cm³/mol. The number of nitrogens with zero attached hydrogens (tertiary/aromatic N) is 1. The average molecular weight is 678 g/mol. The summed E-state index contributed by atoms with van der Waals surface area (Å²) in [5, 5.41) is 7.17. The van der Waals surface area contributed by atoms with Crippen LogP contribution in [0.4, 0.5) is 17.1 Å².